The molecule has 0 amide bonds. The molecule has 8 heteroatoms. The highest BCUT2D eigenvalue weighted by Crippen LogP contribution is 2.33. The van der Waals surface area contributed by atoms with E-state index in [1.54, 1.807) is 18.2 Å². The molecule has 26 heavy (non-hydrogen) atoms. The minimum atomic E-state index is -3.57. The lowest BCUT2D eigenvalue weighted by atomic mass is 9.98. The van der Waals surface area contributed by atoms with Crippen LogP contribution in [0, 0.1) is 5.92 Å². The Hall–Kier alpha value is -1.35. The highest BCUT2D eigenvalue weighted by atomic mass is 32.2. The molecule has 0 bridgehead atoms. The number of hydrogen-bond donors (Lipinski definition) is 0. The SMILES string of the molecule is CCOc1ccc(S(=O)(=O)N2CCC(C3OCCO3)CC2)cc1OCC. The van der Waals surface area contributed by atoms with Crippen molar-refractivity contribution in [2.75, 3.05) is 39.5 Å². The fourth-order valence-corrected chi connectivity index (χ4v) is 4.86. The summed E-state index contributed by atoms with van der Waals surface area (Å²) in [6.07, 6.45) is 1.29. The van der Waals surface area contributed by atoms with Crippen molar-refractivity contribution in [3.8, 4) is 11.5 Å². The Kier molecular flexibility index (Phi) is 6.39. The van der Waals surface area contributed by atoms with E-state index >= 15 is 0 Å². The third-order valence-electron chi connectivity index (χ3n) is 4.68. The van der Waals surface area contributed by atoms with E-state index in [9.17, 15) is 8.42 Å². The molecule has 3 rings (SSSR count). The molecule has 2 aliphatic heterocycles. The van der Waals surface area contributed by atoms with Gasteiger partial charge in [0.25, 0.3) is 0 Å². The van der Waals surface area contributed by atoms with Crippen molar-refractivity contribution in [2.45, 2.75) is 37.9 Å². The number of hydrogen-bond acceptors (Lipinski definition) is 6. The summed E-state index contributed by atoms with van der Waals surface area (Å²) in [4.78, 5) is 0.233. The predicted molar refractivity (Wildman–Crippen MR) is 96.0 cm³/mol. The lowest BCUT2D eigenvalue weighted by Gasteiger charge is -2.33. The van der Waals surface area contributed by atoms with Crippen LogP contribution in [0.3, 0.4) is 0 Å². The standard InChI is InChI=1S/C18H27NO6S/c1-3-22-16-6-5-15(13-17(16)23-4-2)26(20,21)19-9-7-14(8-10-19)18-24-11-12-25-18/h5-6,13-14,18H,3-4,7-12H2,1-2H3. The maximum Gasteiger partial charge on any atom is 0.243 e. The van der Waals surface area contributed by atoms with Gasteiger partial charge in [0.05, 0.1) is 31.3 Å². The Bertz CT molecular complexity index is 694. The number of sulfonamides is 1. The summed E-state index contributed by atoms with van der Waals surface area (Å²) >= 11 is 0. The van der Waals surface area contributed by atoms with Crippen LogP contribution in [0.4, 0.5) is 0 Å². The molecule has 0 spiro atoms. The molecular weight excluding hydrogens is 358 g/mol. The number of ether oxygens (including phenoxy) is 4. The van der Waals surface area contributed by atoms with Gasteiger partial charge in [-0.15, -0.1) is 0 Å². The largest absolute Gasteiger partial charge is 0.490 e. The zero-order chi connectivity index (χ0) is 18.6. The average Bonchev–Trinajstić information content (AvgIpc) is 3.18. The fourth-order valence-electron chi connectivity index (χ4n) is 3.38. The number of rotatable bonds is 7. The molecule has 2 heterocycles. The number of piperidine rings is 1. The van der Waals surface area contributed by atoms with Crippen molar-refractivity contribution in [3.63, 3.8) is 0 Å². The smallest absolute Gasteiger partial charge is 0.243 e. The van der Waals surface area contributed by atoms with E-state index in [-0.39, 0.29) is 17.1 Å². The van der Waals surface area contributed by atoms with Gasteiger partial charge < -0.3 is 18.9 Å². The van der Waals surface area contributed by atoms with Gasteiger partial charge in [-0.1, -0.05) is 0 Å². The van der Waals surface area contributed by atoms with Gasteiger partial charge >= 0.3 is 0 Å². The summed E-state index contributed by atoms with van der Waals surface area (Å²) < 4.78 is 49.7. The second-order valence-electron chi connectivity index (χ2n) is 6.33. The van der Waals surface area contributed by atoms with Gasteiger partial charge in [-0.2, -0.15) is 4.31 Å². The Morgan fingerprint density at radius 3 is 2.27 bits per heavy atom. The minimum Gasteiger partial charge on any atom is -0.490 e. The molecule has 2 fully saturated rings. The molecule has 0 aromatic heterocycles. The van der Waals surface area contributed by atoms with E-state index in [2.05, 4.69) is 0 Å². The second-order valence-corrected chi connectivity index (χ2v) is 8.26. The van der Waals surface area contributed by atoms with Gasteiger partial charge in [0.1, 0.15) is 0 Å². The molecule has 1 aromatic rings. The summed E-state index contributed by atoms with van der Waals surface area (Å²) in [5.41, 5.74) is 0. The van der Waals surface area contributed by atoms with Crippen LogP contribution in [0.25, 0.3) is 0 Å². The van der Waals surface area contributed by atoms with Crippen LogP contribution >= 0.6 is 0 Å². The van der Waals surface area contributed by atoms with Crippen molar-refractivity contribution < 1.29 is 27.4 Å². The molecule has 0 N–H and O–H groups in total. The van der Waals surface area contributed by atoms with E-state index in [1.165, 1.54) is 4.31 Å². The maximum atomic E-state index is 13.0. The van der Waals surface area contributed by atoms with Crippen LogP contribution in [0.5, 0.6) is 11.5 Å². The van der Waals surface area contributed by atoms with E-state index in [1.807, 2.05) is 13.8 Å². The van der Waals surface area contributed by atoms with Crippen LogP contribution in [-0.4, -0.2) is 58.5 Å². The monoisotopic (exact) mass is 385 g/mol. The molecule has 0 atom stereocenters. The highest BCUT2D eigenvalue weighted by molar-refractivity contribution is 7.89. The van der Waals surface area contributed by atoms with Crippen molar-refractivity contribution in [2.24, 2.45) is 5.92 Å². The molecule has 0 radical (unpaired) electrons. The number of benzene rings is 1. The Balaban J connectivity index is 1.72. The van der Waals surface area contributed by atoms with Crippen LogP contribution in [-0.2, 0) is 19.5 Å². The van der Waals surface area contributed by atoms with E-state index in [0.717, 1.165) is 12.8 Å². The first-order valence-corrected chi connectivity index (χ1v) is 10.6. The van der Waals surface area contributed by atoms with Crippen molar-refractivity contribution >= 4 is 10.0 Å². The Labute approximate surface area is 155 Å². The van der Waals surface area contributed by atoms with Crippen LogP contribution in [0.15, 0.2) is 23.1 Å². The zero-order valence-corrected chi connectivity index (χ0v) is 16.2. The lowest BCUT2D eigenvalue weighted by Crippen LogP contribution is -2.41. The molecule has 0 saturated carbocycles. The van der Waals surface area contributed by atoms with Gasteiger partial charge in [0, 0.05) is 25.1 Å². The first-order chi connectivity index (χ1) is 12.6. The van der Waals surface area contributed by atoms with E-state index in [0.29, 0.717) is 51.0 Å². The van der Waals surface area contributed by atoms with Gasteiger partial charge in [-0.3, -0.25) is 0 Å². The molecule has 0 aliphatic carbocycles. The van der Waals surface area contributed by atoms with E-state index < -0.39 is 10.0 Å². The summed E-state index contributed by atoms with van der Waals surface area (Å²) in [7, 11) is -3.57. The Morgan fingerprint density at radius 1 is 1.04 bits per heavy atom. The first kappa shape index (κ1) is 19.4. The summed E-state index contributed by atoms with van der Waals surface area (Å²) in [6.45, 7) is 6.84. The molecule has 2 saturated heterocycles. The molecule has 2 aliphatic rings. The normalized spacial score (nSPS) is 20.4. The Morgan fingerprint density at radius 2 is 1.65 bits per heavy atom. The van der Waals surface area contributed by atoms with Crippen molar-refractivity contribution in [1.29, 1.82) is 0 Å². The highest BCUT2D eigenvalue weighted by Gasteiger charge is 2.35. The molecular formula is C18H27NO6S. The topological polar surface area (TPSA) is 74.3 Å². The molecule has 146 valence electrons. The van der Waals surface area contributed by atoms with Crippen molar-refractivity contribution in [1.82, 2.24) is 4.31 Å². The van der Waals surface area contributed by atoms with Gasteiger partial charge in [0.15, 0.2) is 17.8 Å². The third-order valence-corrected chi connectivity index (χ3v) is 6.58. The minimum absolute atomic E-state index is 0.185. The van der Waals surface area contributed by atoms with Gasteiger partial charge in [-0.05, 0) is 38.8 Å². The molecule has 0 unspecified atom stereocenters. The van der Waals surface area contributed by atoms with Gasteiger partial charge in [0.2, 0.25) is 10.0 Å². The first-order valence-electron chi connectivity index (χ1n) is 9.19. The van der Waals surface area contributed by atoms with E-state index in [4.69, 9.17) is 18.9 Å². The summed E-state index contributed by atoms with van der Waals surface area (Å²) in [5.74, 6) is 1.27. The molecule has 7 nitrogen and oxygen atoms in total. The van der Waals surface area contributed by atoms with Crippen LogP contribution in [0.2, 0.25) is 0 Å². The van der Waals surface area contributed by atoms with Crippen LogP contribution < -0.4 is 9.47 Å². The summed E-state index contributed by atoms with van der Waals surface area (Å²) in [6, 6.07) is 4.80. The fraction of sp³-hybridized carbons (Fsp3) is 0.667. The van der Waals surface area contributed by atoms with Gasteiger partial charge in [-0.25, -0.2) is 8.42 Å². The summed E-state index contributed by atoms with van der Waals surface area (Å²) in [5, 5.41) is 0. The number of nitrogens with zero attached hydrogens (tertiary/aromatic N) is 1. The lowest BCUT2D eigenvalue weighted by molar-refractivity contribution is -0.0938. The average molecular weight is 385 g/mol. The molecule has 1 aromatic carbocycles. The van der Waals surface area contributed by atoms with Crippen LogP contribution in [0.1, 0.15) is 26.7 Å². The second kappa shape index (κ2) is 8.56. The maximum absolute atomic E-state index is 13.0. The predicted octanol–water partition coefficient (Wildman–Crippen LogP) is 2.26. The quantitative estimate of drug-likeness (QED) is 0.717. The third kappa shape index (κ3) is 4.14. The zero-order valence-electron chi connectivity index (χ0n) is 15.3. The van der Waals surface area contributed by atoms with Crippen molar-refractivity contribution in [3.05, 3.63) is 18.2 Å².